The molecule has 1 aliphatic carbocycles. The zero-order valence-electron chi connectivity index (χ0n) is 20.6. The third-order valence-electron chi connectivity index (χ3n) is 7.13. The Balaban J connectivity index is 1.49. The first-order chi connectivity index (χ1) is 17.5. The number of likely N-dealkylation sites (tertiary alicyclic amines) is 1. The average Bonchev–Trinajstić information content (AvgIpc) is 3.22. The molecular weight excluding hydrogens is 458 g/mol. The maximum absolute atomic E-state index is 15.2. The quantitative estimate of drug-likeness (QED) is 0.420. The third kappa shape index (κ3) is 5.29. The highest BCUT2D eigenvalue weighted by atomic mass is 19.1. The summed E-state index contributed by atoms with van der Waals surface area (Å²) in [5, 5.41) is 10.1. The molecular formula is C30H32F2N2O2. The molecule has 0 saturated carbocycles. The number of aryl methyl sites for hydroxylation is 2. The minimum absolute atomic E-state index is 0.0426. The van der Waals surface area contributed by atoms with Crippen molar-refractivity contribution >= 4 is 11.1 Å². The summed E-state index contributed by atoms with van der Waals surface area (Å²) in [4.78, 5) is 6.84. The monoisotopic (exact) mass is 490 g/mol. The molecule has 0 bridgehead atoms. The minimum atomic E-state index is -0.294. The highest BCUT2D eigenvalue weighted by Gasteiger charge is 2.25. The number of phenolic OH excluding ortho intramolecular Hbond substituents is 1. The van der Waals surface area contributed by atoms with Gasteiger partial charge in [0, 0.05) is 43.0 Å². The van der Waals surface area contributed by atoms with Crippen molar-refractivity contribution in [2.24, 2.45) is 0 Å². The molecule has 2 heterocycles. The first-order valence-electron chi connectivity index (χ1n) is 12.7. The lowest BCUT2D eigenvalue weighted by molar-refractivity contribution is 0.191. The van der Waals surface area contributed by atoms with E-state index in [9.17, 15) is 9.50 Å². The number of halogens is 2. The first kappa shape index (κ1) is 24.4. The van der Waals surface area contributed by atoms with E-state index in [0.29, 0.717) is 17.9 Å². The number of alkyl halides is 1. The topological polar surface area (TPSA) is 45.6 Å². The molecule has 6 heteroatoms. The maximum atomic E-state index is 15.2. The number of fused-ring (bicyclic) bond motifs is 1. The van der Waals surface area contributed by atoms with Crippen molar-refractivity contribution in [1.82, 2.24) is 9.88 Å². The van der Waals surface area contributed by atoms with Gasteiger partial charge in [0.05, 0.1) is 6.67 Å². The summed E-state index contributed by atoms with van der Waals surface area (Å²) in [6.07, 6.45) is 5.68. The lowest BCUT2D eigenvalue weighted by Crippen LogP contribution is -2.26. The Morgan fingerprint density at radius 1 is 1.08 bits per heavy atom. The number of benzene rings is 2. The number of hydrogen-bond acceptors (Lipinski definition) is 4. The zero-order chi connectivity index (χ0) is 25.1. The molecule has 1 saturated heterocycles. The van der Waals surface area contributed by atoms with Gasteiger partial charge in [-0.3, -0.25) is 9.29 Å². The van der Waals surface area contributed by atoms with Crippen molar-refractivity contribution in [1.29, 1.82) is 0 Å². The van der Waals surface area contributed by atoms with Crippen LogP contribution in [0.3, 0.4) is 0 Å². The lowest BCUT2D eigenvalue weighted by Gasteiger charge is -2.18. The second-order valence-electron chi connectivity index (χ2n) is 9.79. The summed E-state index contributed by atoms with van der Waals surface area (Å²) in [6.45, 7) is 4.04. The molecule has 2 aliphatic rings. The van der Waals surface area contributed by atoms with E-state index >= 15 is 4.39 Å². The van der Waals surface area contributed by atoms with Crippen molar-refractivity contribution in [3.63, 3.8) is 0 Å². The van der Waals surface area contributed by atoms with Gasteiger partial charge in [-0.1, -0.05) is 18.2 Å². The van der Waals surface area contributed by atoms with Crippen LogP contribution in [0.4, 0.5) is 8.78 Å². The molecule has 3 aromatic rings. The van der Waals surface area contributed by atoms with Gasteiger partial charge < -0.3 is 9.84 Å². The summed E-state index contributed by atoms with van der Waals surface area (Å²) in [5.41, 5.74) is 6.32. The number of hydrogen-bond donors (Lipinski definition) is 1. The maximum Gasteiger partial charge on any atom is 0.213 e. The number of phenols is 1. The van der Waals surface area contributed by atoms with Gasteiger partial charge in [-0.15, -0.1) is 0 Å². The molecule has 1 fully saturated rings. The lowest BCUT2D eigenvalue weighted by atomic mass is 9.88. The fraction of sp³-hybridized carbons (Fsp3) is 0.367. The molecule has 1 atom stereocenters. The van der Waals surface area contributed by atoms with Crippen LogP contribution in [0.1, 0.15) is 53.5 Å². The van der Waals surface area contributed by atoms with Crippen LogP contribution in [0.2, 0.25) is 0 Å². The molecule has 5 rings (SSSR count). The predicted molar refractivity (Wildman–Crippen MR) is 138 cm³/mol. The molecule has 1 aromatic heterocycles. The molecule has 0 unspecified atom stereocenters. The second-order valence-corrected chi connectivity index (χ2v) is 9.79. The zero-order valence-corrected chi connectivity index (χ0v) is 20.6. The number of pyridine rings is 1. The molecule has 0 spiro atoms. The second kappa shape index (κ2) is 10.8. The van der Waals surface area contributed by atoms with Gasteiger partial charge in [-0.05, 0) is 91.1 Å². The fourth-order valence-electron chi connectivity index (χ4n) is 5.39. The summed E-state index contributed by atoms with van der Waals surface area (Å²) < 4.78 is 33.8. The van der Waals surface area contributed by atoms with Crippen LogP contribution in [0.15, 0.2) is 54.7 Å². The van der Waals surface area contributed by atoms with Gasteiger partial charge in [0.25, 0.3) is 0 Å². The van der Waals surface area contributed by atoms with E-state index in [1.165, 1.54) is 0 Å². The molecule has 1 aliphatic heterocycles. The number of allylic oxidation sites excluding steroid dienone is 1. The normalized spacial score (nSPS) is 18.2. The Bertz CT molecular complexity index is 1260. The van der Waals surface area contributed by atoms with Gasteiger partial charge in [0.2, 0.25) is 5.88 Å². The van der Waals surface area contributed by atoms with E-state index in [2.05, 4.69) is 9.88 Å². The summed E-state index contributed by atoms with van der Waals surface area (Å²) >= 11 is 0. The number of aromatic nitrogens is 1. The number of nitrogens with zero attached hydrogens (tertiary/aromatic N) is 2. The van der Waals surface area contributed by atoms with Crippen LogP contribution in [0.25, 0.3) is 11.1 Å². The first-order valence-corrected chi connectivity index (χ1v) is 12.7. The summed E-state index contributed by atoms with van der Waals surface area (Å²) in [5.74, 6) is 0.563. The van der Waals surface area contributed by atoms with Crippen LogP contribution in [-0.4, -0.2) is 47.4 Å². The van der Waals surface area contributed by atoms with Crippen molar-refractivity contribution in [2.75, 3.05) is 26.3 Å². The molecule has 0 amide bonds. The number of aromatic hydroxyl groups is 1. The SMILES string of the molecule is Cc1ccc(C2=C(c3ccc(O[C@H]4CCN(CCCF)C4)nc3)c3ccc(O)cc3CCC2)c(F)c1. The van der Waals surface area contributed by atoms with Crippen LogP contribution >= 0.6 is 0 Å². The molecule has 1 N–H and O–H groups in total. The minimum Gasteiger partial charge on any atom is -0.508 e. The third-order valence-corrected chi connectivity index (χ3v) is 7.13. The van der Waals surface area contributed by atoms with Crippen LogP contribution in [-0.2, 0) is 6.42 Å². The van der Waals surface area contributed by atoms with Gasteiger partial charge in [0.15, 0.2) is 0 Å². The van der Waals surface area contributed by atoms with Gasteiger partial charge in [-0.25, -0.2) is 9.37 Å². The highest BCUT2D eigenvalue weighted by Crippen LogP contribution is 2.41. The Hall–Kier alpha value is -3.25. The highest BCUT2D eigenvalue weighted by molar-refractivity contribution is 6.00. The van der Waals surface area contributed by atoms with Crippen molar-refractivity contribution in [3.8, 4) is 11.6 Å². The Kier molecular flexibility index (Phi) is 7.33. The van der Waals surface area contributed by atoms with E-state index in [1.807, 2.05) is 43.3 Å². The molecule has 2 aromatic carbocycles. The number of rotatable bonds is 7. The summed E-state index contributed by atoms with van der Waals surface area (Å²) in [7, 11) is 0. The van der Waals surface area contributed by atoms with Crippen molar-refractivity contribution in [3.05, 3.63) is 88.4 Å². The number of ether oxygens (including phenoxy) is 1. The fourth-order valence-corrected chi connectivity index (χ4v) is 5.39. The smallest absolute Gasteiger partial charge is 0.213 e. The predicted octanol–water partition coefficient (Wildman–Crippen LogP) is 6.34. The van der Waals surface area contributed by atoms with Crippen molar-refractivity contribution in [2.45, 2.75) is 45.1 Å². The van der Waals surface area contributed by atoms with Crippen LogP contribution in [0.5, 0.6) is 11.6 Å². The Morgan fingerprint density at radius 3 is 2.72 bits per heavy atom. The molecule has 4 nitrogen and oxygen atoms in total. The van der Waals surface area contributed by atoms with E-state index in [-0.39, 0.29) is 24.3 Å². The van der Waals surface area contributed by atoms with E-state index in [1.54, 1.807) is 18.3 Å². The van der Waals surface area contributed by atoms with Gasteiger partial charge >= 0.3 is 0 Å². The van der Waals surface area contributed by atoms with E-state index in [0.717, 1.165) is 78.7 Å². The van der Waals surface area contributed by atoms with E-state index < -0.39 is 0 Å². The Morgan fingerprint density at radius 2 is 1.94 bits per heavy atom. The van der Waals surface area contributed by atoms with Gasteiger partial charge in [-0.2, -0.15) is 0 Å². The summed E-state index contributed by atoms with van der Waals surface area (Å²) in [6, 6.07) is 14.7. The Labute approximate surface area is 211 Å². The van der Waals surface area contributed by atoms with Gasteiger partial charge in [0.1, 0.15) is 17.7 Å². The van der Waals surface area contributed by atoms with Crippen molar-refractivity contribution < 1.29 is 18.6 Å². The molecule has 188 valence electrons. The largest absolute Gasteiger partial charge is 0.508 e. The van der Waals surface area contributed by atoms with Crippen LogP contribution < -0.4 is 4.74 Å². The van der Waals surface area contributed by atoms with Crippen LogP contribution in [0, 0.1) is 12.7 Å². The average molecular weight is 491 g/mol. The van der Waals surface area contributed by atoms with E-state index in [4.69, 9.17) is 4.74 Å². The molecule has 0 radical (unpaired) electrons. The standard InChI is InChI=1S/C30H32F2N2O2/c1-20-6-9-26(28(32)16-20)27-5-2-4-21-17-23(35)8-10-25(21)30(27)22-7-11-29(33-18-22)36-24-12-15-34(19-24)14-3-13-31/h6-11,16-18,24,35H,2-5,12-15,19H2,1H3/t24-/m0/s1. The molecule has 36 heavy (non-hydrogen) atoms.